The van der Waals surface area contributed by atoms with Crippen molar-refractivity contribution in [1.29, 1.82) is 5.26 Å². The molecule has 2 aromatic carbocycles. The smallest absolute Gasteiger partial charge is 0.270 e. The van der Waals surface area contributed by atoms with Crippen molar-refractivity contribution in [2.75, 3.05) is 32.1 Å². The number of fused-ring (bicyclic) bond motifs is 1. The lowest BCUT2D eigenvalue weighted by Crippen LogP contribution is -2.52. The van der Waals surface area contributed by atoms with E-state index in [0.29, 0.717) is 71.3 Å². The Balaban J connectivity index is 1.12. The van der Waals surface area contributed by atoms with Crippen LogP contribution in [-0.2, 0) is 27.1 Å². The van der Waals surface area contributed by atoms with E-state index in [2.05, 4.69) is 32.0 Å². The standard InChI is InChI=1S/C38H37Cl2N9O4/c1-36(19-23-4-6-24(20-41)7-5-23)34(53)48(28-17-26(39)16-27(40)18-28)35-44-22-29(49(35)36)32(51)45-38(12-13-38)33(52)46-37(10-11-37)30-9-8-25(21-43-30)31(50)42-14-15-47(2)3/h4-9,16-18,21-22H,10-15,19H2,1-3H3,(H,42,50)(H,45,51)(H,46,52)/t36-/m1/s1. The van der Waals surface area contributed by atoms with E-state index in [-0.39, 0.29) is 35.8 Å². The molecule has 0 spiro atoms. The first-order valence-corrected chi connectivity index (χ1v) is 18.0. The van der Waals surface area contributed by atoms with Gasteiger partial charge in [0.2, 0.25) is 11.9 Å². The first-order chi connectivity index (χ1) is 25.3. The molecule has 0 bridgehead atoms. The van der Waals surface area contributed by atoms with Crippen LogP contribution in [0.2, 0.25) is 10.0 Å². The van der Waals surface area contributed by atoms with Crippen molar-refractivity contribution in [3.8, 4) is 6.07 Å². The minimum atomic E-state index is -1.33. The zero-order valence-corrected chi connectivity index (χ0v) is 30.9. The van der Waals surface area contributed by atoms with Crippen LogP contribution < -0.4 is 20.9 Å². The molecule has 272 valence electrons. The topological polar surface area (TPSA) is 165 Å². The van der Waals surface area contributed by atoms with Gasteiger partial charge < -0.3 is 20.9 Å². The first-order valence-electron chi connectivity index (χ1n) is 17.2. The Bertz CT molecular complexity index is 2150. The lowest BCUT2D eigenvalue weighted by molar-refractivity contribution is -0.125. The van der Waals surface area contributed by atoms with E-state index >= 15 is 0 Å². The number of nitrogens with zero attached hydrogens (tertiary/aromatic N) is 6. The number of nitriles is 1. The number of nitrogens with one attached hydrogen (secondary N) is 3. The van der Waals surface area contributed by atoms with Crippen molar-refractivity contribution in [3.05, 3.63) is 105 Å². The van der Waals surface area contributed by atoms with Crippen LogP contribution >= 0.6 is 23.2 Å². The third kappa shape index (κ3) is 6.85. The second kappa shape index (κ2) is 13.6. The van der Waals surface area contributed by atoms with Crippen molar-refractivity contribution in [3.63, 3.8) is 0 Å². The average molecular weight is 755 g/mol. The number of pyridine rings is 1. The number of imidazole rings is 1. The second-order valence-corrected chi connectivity index (χ2v) is 15.2. The highest BCUT2D eigenvalue weighted by Gasteiger charge is 2.57. The molecule has 15 heteroatoms. The molecule has 2 saturated carbocycles. The minimum Gasteiger partial charge on any atom is -0.351 e. The molecule has 3 heterocycles. The number of amides is 4. The van der Waals surface area contributed by atoms with Gasteiger partial charge in [0.15, 0.2) is 0 Å². The predicted octanol–water partition coefficient (Wildman–Crippen LogP) is 4.45. The number of carbonyl (C=O) groups is 4. The molecule has 0 unspecified atom stereocenters. The van der Waals surface area contributed by atoms with E-state index in [1.54, 1.807) is 66.1 Å². The quantitative estimate of drug-likeness (QED) is 0.191. The Morgan fingerprint density at radius 1 is 0.925 bits per heavy atom. The lowest BCUT2D eigenvalue weighted by Gasteiger charge is -2.27. The number of aromatic nitrogens is 3. The lowest BCUT2D eigenvalue weighted by atomic mass is 9.91. The van der Waals surface area contributed by atoms with Crippen molar-refractivity contribution >= 4 is 58.5 Å². The summed E-state index contributed by atoms with van der Waals surface area (Å²) < 4.78 is 1.59. The number of likely N-dealkylation sites (N-methyl/N-ethyl adjacent to an activating group) is 1. The number of benzene rings is 2. The summed E-state index contributed by atoms with van der Waals surface area (Å²) in [4.78, 5) is 67.4. The molecule has 4 aromatic rings. The molecule has 0 saturated heterocycles. The van der Waals surface area contributed by atoms with E-state index in [9.17, 15) is 24.4 Å². The average Bonchev–Trinajstić information content (AvgIpc) is 4.03. The summed E-state index contributed by atoms with van der Waals surface area (Å²) in [6, 6.07) is 17.2. The van der Waals surface area contributed by atoms with Gasteiger partial charge in [0, 0.05) is 35.8 Å². The van der Waals surface area contributed by atoms with Gasteiger partial charge in [-0.2, -0.15) is 5.26 Å². The summed E-state index contributed by atoms with van der Waals surface area (Å²) in [7, 11) is 3.86. The van der Waals surface area contributed by atoms with Crippen LogP contribution in [0.25, 0.3) is 0 Å². The molecule has 7 rings (SSSR count). The molecule has 0 radical (unpaired) electrons. The normalized spacial score (nSPS) is 19.0. The fraction of sp³-hybridized carbons (Fsp3) is 0.342. The summed E-state index contributed by atoms with van der Waals surface area (Å²) >= 11 is 12.7. The maximum atomic E-state index is 14.4. The maximum absolute atomic E-state index is 14.4. The molecule has 13 nitrogen and oxygen atoms in total. The third-order valence-electron chi connectivity index (χ3n) is 10.1. The molecule has 3 N–H and O–H groups in total. The van der Waals surface area contributed by atoms with Gasteiger partial charge in [-0.05, 0) is 94.7 Å². The SMILES string of the molecule is CN(C)CCNC(=O)c1ccc(C2(NC(=O)C3(NC(=O)c4cnc5n4[C@](C)(Cc4ccc(C#N)cc4)C(=O)N5c4cc(Cl)cc(Cl)c4)CC3)CC2)nc1. The van der Waals surface area contributed by atoms with E-state index in [0.717, 1.165) is 5.56 Å². The number of carbonyl (C=O) groups excluding carboxylic acids is 4. The van der Waals surface area contributed by atoms with Gasteiger partial charge in [-0.3, -0.25) is 28.7 Å². The molecular weight excluding hydrogens is 717 g/mol. The first kappa shape index (κ1) is 36.1. The van der Waals surface area contributed by atoms with Crippen molar-refractivity contribution in [2.24, 2.45) is 0 Å². The van der Waals surface area contributed by atoms with Crippen LogP contribution in [-0.4, -0.2) is 75.8 Å². The minimum absolute atomic E-state index is 0.0986. The van der Waals surface area contributed by atoms with Crippen LogP contribution in [0.4, 0.5) is 11.6 Å². The Hall–Kier alpha value is -5.29. The summed E-state index contributed by atoms with van der Waals surface area (Å²) in [5.41, 5.74) is -0.398. The summed E-state index contributed by atoms with van der Waals surface area (Å²) in [6.45, 7) is 2.94. The highest BCUT2D eigenvalue weighted by Crippen LogP contribution is 2.47. The van der Waals surface area contributed by atoms with Gasteiger partial charge in [0.25, 0.3) is 17.7 Å². The highest BCUT2D eigenvalue weighted by molar-refractivity contribution is 6.35. The van der Waals surface area contributed by atoms with Crippen molar-refractivity contribution in [2.45, 2.75) is 55.6 Å². The van der Waals surface area contributed by atoms with Crippen LogP contribution in [0.15, 0.2) is 67.0 Å². The fourth-order valence-electron chi connectivity index (χ4n) is 6.75. The van der Waals surface area contributed by atoms with Gasteiger partial charge >= 0.3 is 0 Å². The van der Waals surface area contributed by atoms with Gasteiger partial charge in [-0.1, -0.05) is 35.3 Å². The molecule has 3 aliphatic rings. The Morgan fingerprint density at radius 3 is 2.21 bits per heavy atom. The molecule has 2 aromatic heterocycles. The number of anilines is 2. The molecule has 1 aliphatic heterocycles. The van der Waals surface area contributed by atoms with Gasteiger partial charge in [0.1, 0.15) is 16.8 Å². The number of hydrogen-bond acceptors (Lipinski definition) is 8. The number of hydrogen-bond donors (Lipinski definition) is 3. The summed E-state index contributed by atoms with van der Waals surface area (Å²) in [5.74, 6) is -1.28. The van der Waals surface area contributed by atoms with Crippen LogP contribution in [0.3, 0.4) is 0 Å². The largest absolute Gasteiger partial charge is 0.351 e. The fourth-order valence-corrected chi connectivity index (χ4v) is 7.27. The molecule has 2 aliphatic carbocycles. The Labute approximate surface area is 316 Å². The second-order valence-electron chi connectivity index (χ2n) is 14.4. The Morgan fingerprint density at radius 2 is 1.62 bits per heavy atom. The van der Waals surface area contributed by atoms with E-state index in [1.807, 2.05) is 19.0 Å². The Kier molecular flexibility index (Phi) is 9.26. The van der Waals surface area contributed by atoms with Crippen LogP contribution in [0.1, 0.15) is 70.3 Å². The zero-order valence-electron chi connectivity index (χ0n) is 29.4. The predicted molar refractivity (Wildman–Crippen MR) is 198 cm³/mol. The zero-order chi connectivity index (χ0) is 37.7. The molecule has 2 fully saturated rings. The van der Waals surface area contributed by atoms with Crippen molar-refractivity contribution in [1.82, 2.24) is 35.4 Å². The molecular formula is C38H37Cl2N9O4. The summed E-state index contributed by atoms with van der Waals surface area (Å²) in [6.07, 6.45) is 5.26. The molecule has 4 amide bonds. The van der Waals surface area contributed by atoms with E-state index < -0.39 is 22.5 Å². The van der Waals surface area contributed by atoms with E-state index in [1.165, 1.54) is 17.3 Å². The summed E-state index contributed by atoms with van der Waals surface area (Å²) in [5, 5.41) is 18.9. The number of halogens is 2. The highest BCUT2D eigenvalue weighted by atomic mass is 35.5. The van der Waals surface area contributed by atoms with Crippen LogP contribution in [0, 0.1) is 11.3 Å². The van der Waals surface area contributed by atoms with Crippen molar-refractivity contribution < 1.29 is 19.2 Å². The van der Waals surface area contributed by atoms with Gasteiger partial charge in [0.05, 0.1) is 40.3 Å². The van der Waals surface area contributed by atoms with Gasteiger partial charge in [-0.15, -0.1) is 0 Å². The molecule has 1 atom stereocenters. The monoisotopic (exact) mass is 753 g/mol. The molecule has 53 heavy (non-hydrogen) atoms. The van der Waals surface area contributed by atoms with Crippen LogP contribution in [0.5, 0.6) is 0 Å². The van der Waals surface area contributed by atoms with E-state index in [4.69, 9.17) is 23.2 Å². The maximum Gasteiger partial charge on any atom is 0.270 e. The number of rotatable bonds is 12. The van der Waals surface area contributed by atoms with Gasteiger partial charge in [-0.25, -0.2) is 9.88 Å². The third-order valence-corrected chi connectivity index (χ3v) is 10.5.